The van der Waals surface area contributed by atoms with Crippen molar-refractivity contribution >= 4 is 28.6 Å². The summed E-state index contributed by atoms with van der Waals surface area (Å²) in [4.78, 5) is 17.9. The summed E-state index contributed by atoms with van der Waals surface area (Å²) in [6.07, 6.45) is 2.54. The predicted octanol–water partition coefficient (Wildman–Crippen LogP) is 3.49. The summed E-state index contributed by atoms with van der Waals surface area (Å²) in [7, 11) is 1.88. The van der Waals surface area contributed by atoms with Gasteiger partial charge in [0.15, 0.2) is 0 Å². The van der Waals surface area contributed by atoms with E-state index in [2.05, 4.69) is 15.4 Å². The maximum absolute atomic E-state index is 12.4. The van der Waals surface area contributed by atoms with Crippen LogP contribution in [0.4, 0.5) is 0 Å². The molecule has 0 bridgehead atoms. The fraction of sp³-hybridized carbons (Fsp3) is 0.267. The molecule has 114 valence electrons. The van der Waals surface area contributed by atoms with Crippen molar-refractivity contribution in [3.05, 3.63) is 46.5 Å². The Morgan fingerprint density at radius 3 is 2.91 bits per heavy atom. The maximum atomic E-state index is 12.4. The monoisotopic (exact) mass is 332 g/mol. The third kappa shape index (κ3) is 2.95. The van der Waals surface area contributed by atoms with Crippen LogP contribution in [0.25, 0.3) is 9.88 Å². The van der Waals surface area contributed by atoms with Gasteiger partial charge in [0, 0.05) is 18.6 Å². The highest BCUT2D eigenvalue weighted by Crippen LogP contribution is 2.28. The topological polar surface area (TPSA) is 59.8 Å². The summed E-state index contributed by atoms with van der Waals surface area (Å²) >= 11 is 3.12. The number of aryl methyl sites for hydroxylation is 1. The number of amides is 1. The van der Waals surface area contributed by atoms with Crippen molar-refractivity contribution in [2.24, 2.45) is 7.05 Å². The minimum Gasteiger partial charge on any atom is -0.342 e. The number of thiazole rings is 1. The van der Waals surface area contributed by atoms with Crippen molar-refractivity contribution in [1.29, 1.82) is 0 Å². The Morgan fingerprint density at radius 2 is 2.27 bits per heavy atom. The molecule has 1 unspecified atom stereocenters. The van der Waals surface area contributed by atoms with Gasteiger partial charge in [0.25, 0.3) is 5.91 Å². The lowest BCUT2D eigenvalue weighted by molar-refractivity contribution is 0.0929. The molecule has 0 spiro atoms. The lowest BCUT2D eigenvalue weighted by Gasteiger charge is -2.16. The number of carbonyl (C=O) groups excluding carboxylic acids is 1. The Bertz CT molecular complexity index is 760. The molecule has 7 heteroatoms. The smallest absolute Gasteiger partial charge is 0.271 e. The van der Waals surface area contributed by atoms with E-state index in [1.807, 2.05) is 37.6 Å². The molecule has 0 aliphatic heterocycles. The number of hydrogen-bond acceptors (Lipinski definition) is 5. The molecule has 0 aliphatic carbocycles. The third-order valence-corrected chi connectivity index (χ3v) is 5.28. The molecule has 1 amide bonds. The fourth-order valence-electron chi connectivity index (χ4n) is 2.23. The Hall–Kier alpha value is -1.99. The molecular formula is C15H16N4OS2. The standard InChI is InChI=1S/C15H16N4OS2/c1-3-10(12-6-7-16-19(12)2)17-14(20)11-9-22-15(18-11)13-5-4-8-21-13/h4-10H,3H2,1-2H3,(H,17,20). The summed E-state index contributed by atoms with van der Waals surface area (Å²) in [6, 6.07) is 5.85. The Balaban J connectivity index is 1.75. The average molecular weight is 332 g/mol. The minimum absolute atomic E-state index is 0.0631. The highest BCUT2D eigenvalue weighted by Gasteiger charge is 2.19. The first-order valence-electron chi connectivity index (χ1n) is 6.97. The van der Waals surface area contributed by atoms with Crippen LogP contribution in [0.5, 0.6) is 0 Å². The molecule has 1 N–H and O–H groups in total. The van der Waals surface area contributed by atoms with E-state index in [0.717, 1.165) is 22.0 Å². The zero-order valence-electron chi connectivity index (χ0n) is 12.3. The van der Waals surface area contributed by atoms with Gasteiger partial charge < -0.3 is 5.32 Å². The van der Waals surface area contributed by atoms with E-state index in [0.29, 0.717) is 5.69 Å². The van der Waals surface area contributed by atoms with Gasteiger partial charge in [-0.3, -0.25) is 9.48 Å². The van der Waals surface area contributed by atoms with Gasteiger partial charge in [0.1, 0.15) is 10.7 Å². The highest BCUT2D eigenvalue weighted by atomic mass is 32.1. The molecule has 3 rings (SSSR count). The largest absolute Gasteiger partial charge is 0.342 e. The Labute approximate surface area is 136 Å². The molecule has 3 heterocycles. The number of carbonyl (C=O) groups is 1. The summed E-state index contributed by atoms with van der Waals surface area (Å²) in [6.45, 7) is 2.04. The van der Waals surface area contributed by atoms with Crippen molar-refractivity contribution in [2.75, 3.05) is 0 Å². The van der Waals surface area contributed by atoms with E-state index in [1.165, 1.54) is 11.3 Å². The van der Waals surface area contributed by atoms with E-state index < -0.39 is 0 Å². The molecule has 3 aromatic heterocycles. The molecule has 0 saturated heterocycles. The van der Waals surface area contributed by atoms with Gasteiger partial charge in [0.05, 0.1) is 16.6 Å². The van der Waals surface area contributed by atoms with Crippen LogP contribution < -0.4 is 5.32 Å². The van der Waals surface area contributed by atoms with Gasteiger partial charge >= 0.3 is 0 Å². The zero-order chi connectivity index (χ0) is 15.5. The molecule has 5 nitrogen and oxygen atoms in total. The maximum Gasteiger partial charge on any atom is 0.271 e. The SMILES string of the molecule is CCC(NC(=O)c1csc(-c2cccs2)n1)c1ccnn1C. The van der Waals surface area contributed by atoms with Crippen LogP contribution in [0.3, 0.4) is 0 Å². The van der Waals surface area contributed by atoms with Crippen LogP contribution in [0, 0.1) is 0 Å². The normalized spacial score (nSPS) is 12.3. The van der Waals surface area contributed by atoms with Crippen molar-refractivity contribution in [2.45, 2.75) is 19.4 Å². The van der Waals surface area contributed by atoms with E-state index in [9.17, 15) is 4.79 Å². The van der Waals surface area contributed by atoms with Gasteiger partial charge in [-0.25, -0.2) is 4.98 Å². The highest BCUT2D eigenvalue weighted by molar-refractivity contribution is 7.20. The van der Waals surface area contributed by atoms with Crippen LogP contribution in [-0.4, -0.2) is 20.7 Å². The lowest BCUT2D eigenvalue weighted by atomic mass is 10.1. The number of rotatable bonds is 5. The van der Waals surface area contributed by atoms with Crippen molar-refractivity contribution < 1.29 is 4.79 Å². The van der Waals surface area contributed by atoms with Crippen molar-refractivity contribution in [3.63, 3.8) is 0 Å². The van der Waals surface area contributed by atoms with Crippen LogP contribution in [0.1, 0.15) is 35.6 Å². The fourth-order valence-corrected chi connectivity index (χ4v) is 3.85. The minimum atomic E-state index is -0.146. The second-order valence-corrected chi connectivity index (χ2v) is 6.63. The van der Waals surface area contributed by atoms with Crippen molar-refractivity contribution in [1.82, 2.24) is 20.1 Å². The van der Waals surface area contributed by atoms with Crippen molar-refractivity contribution in [3.8, 4) is 9.88 Å². The number of aromatic nitrogens is 3. The van der Waals surface area contributed by atoms with E-state index in [-0.39, 0.29) is 11.9 Å². The summed E-state index contributed by atoms with van der Waals surface area (Å²) < 4.78 is 1.78. The molecule has 0 aliphatic rings. The Morgan fingerprint density at radius 1 is 1.41 bits per heavy atom. The second-order valence-electron chi connectivity index (χ2n) is 4.83. The van der Waals surface area contributed by atoms with Crippen LogP contribution in [-0.2, 0) is 7.05 Å². The van der Waals surface area contributed by atoms with Gasteiger partial charge in [0.2, 0.25) is 0 Å². The first kappa shape index (κ1) is 14.9. The summed E-state index contributed by atoms with van der Waals surface area (Å²) in [5, 5.41) is 11.9. The number of hydrogen-bond donors (Lipinski definition) is 1. The molecule has 1 atom stereocenters. The molecule has 0 radical (unpaired) electrons. The van der Waals surface area contributed by atoms with Gasteiger partial charge in [-0.1, -0.05) is 13.0 Å². The predicted molar refractivity (Wildman–Crippen MR) is 89.1 cm³/mol. The molecule has 3 aromatic rings. The quantitative estimate of drug-likeness (QED) is 0.778. The molecule has 0 saturated carbocycles. The lowest BCUT2D eigenvalue weighted by Crippen LogP contribution is -2.29. The molecule has 0 aromatic carbocycles. The van der Waals surface area contributed by atoms with Gasteiger partial charge in [-0.05, 0) is 23.9 Å². The van der Waals surface area contributed by atoms with Crippen LogP contribution in [0.2, 0.25) is 0 Å². The van der Waals surface area contributed by atoms with Crippen LogP contribution >= 0.6 is 22.7 Å². The number of nitrogens with one attached hydrogen (secondary N) is 1. The first-order valence-corrected chi connectivity index (χ1v) is 8.73. The van der Waals surface area contributed by atoms with E-state index in [4.69, 9.17) is 0 Å². The molecule has 0 fully saturated rings. The summed E-state index contributed by atoms with van der Waals surface area (Å²) in [5.74, 6) is -0.146. The van der Waals surface area contributed by atoms with E-state index >= 15 is 0 Å². The molecular weight excluding hydrogens is 316 g/mol. The second kappa shape index (κ2) is 6.41. The van der Waals surface area contributed by atoms with Gasteiger partial charge in [-0.15, -0.1) is 22.7 Å². The average Bonchev–Trinajstić information content (AvgIpc) is 3.24. The third-order valence-electron chi connectivity index (χ3n) is 3.40. The number of thiophene rings is 1. The summed E-state index contributed by atoms with van der Waals surface area (Å²) in [5.41, 5.74) is 1.46. The Kier molecular flexibility index (Phi) is 4.35. The number of nitrogens with zero attached hydrogens (tertiary/aromatic N) is 3. The van der Waals surface area contributed by atoms with E-state index in [1.54, 1.807) is 27.6 Å². The zero-order valence-corrected chi connectivity index (χ0v) is 13.9. The molecule has 22 heavy (non-hydrogen) atoms. The van der Waals surface area contributed by atoms with Gasteiger partial charge in [-0.2, -0.15) is 5.10 Å². The first-order chi connectivity index (χ1) is 10.7. The van der Waals surface area contributed by atoms with Crippen LogP contribution in [0.15, 0.2) is 35.2 Å².